The third kappa shape index (κ3) is 3.81. The number of hydrogen-bond donors (Lipinski definition) is 0. The molecule has 2 rings (SSSR count). The number of carbonyl (C=O) groups is 1. The molecule has 4 heteroatoms. The van der Waals surface area contributed by atoms with Gasteiger partial charge in [-0.2, -0.15) is 0 Å². The molecule has 3 nitrogen and oxygen atoms in total. The first-order valence-corrected chi connectivity index (χ1v) is 5.85. The van der Waals surface area contributed by atoms with Crippen molar-refractivity contribution in [2.75, 3.05) is 13.2 Å². The molecule has 98 valence electrons. The number of rotatable bonds is 6. The third-order valence-electron chi connectivity index (χ3n) is 2.44. The van der Waals surface area contributed by atoms with Crippen molar-refractivity contribution in [1.29, 1.82) is 0 Å². The smallest absolute Gasteiger partial charge is 0.165 e. The highest BCUT2D eigenvalue weighted by atomic mass is 19.1. The lowest BCUT2D eigenvalue weighted by Gasteiger charge is -2.09. The molecule has 0 aromatic heterocycles. The van der Waals surface area contributed by atoms with E-state index in [-0.39, 0.29) is 17.9 Å². The van der Waals surface area contributed by atoms with Crippen LogP contribution in [-0.2, 0) is 0 Å². The number of carbonyl (C=O) groups excluding carboxylic acids is 1. The minimum atomic E-state index is -0.552. The monoisotopic (exact) mass is 260 g/mol. The van der Waals surface area contributed by atoms with E-state index in [1.54, 1.807) is 0 Å². The van der Waals surface area contributed by atoms with Gasteiger partial charge in [-0.25, -0.2) is 4.39 Å². The zero-order chi connectivity index (χ0) is 13.5. The Balaban J connectivity index is 1.81. The van der Waals surface area contributed by atoms with Gasteiger partial charge < -0.3 is 9.47 Å². The number of hydrogen-bond acceptors (Lipinski definition) is 3. The van der Waals surface area contributed by atoms with E-state index < -0.39 is 5.82 Å². The zero-order valence-electron chi connectivity index (χ0n) is 10.2. The van der Waals surface area contributed by atoms with Gasteiger partial charge >= 0.3 is 0 Å². The summed E-state index contributed by atoms with van der Waals surface area (Å²) in [7, 11) is 0. The summed E-state index contributed by atoms with van der Waals surface area (Å²) in [6, 6.07) is 13.4. The summed E-state index contributed by atoms with van der Waals surface area (Å²) in [4.78, 5) is 10.5. The molecule has 0 amide bonds. The Labute approximate surface area is 110 Å². The summed E-state index contributed by atoms with van der Waals surface area (Å²) in [6.07, 6.45) is 0.589. The number of aldehydes is 1. The van der Waals surface area contributed by atoms with Gasteiger partial charge in [-0.15, -0.1) is 0 Å². The molecule has 2 aromatic carbocycles. The fourth-order valence-corrected chi connectivity index (χ4v) is 1.54. The minimum Gasteiger partial charge on any atom is -0.490 e. The lowest BCUT2D eigenvalue weighted by atomic mass is 10.2. The molecule has 0 bridgehead atoms. The largest absolute Gasteiger partial charge is 0.490 e. The van der Waals surface area contributed by atoms with Gasteiger partial charge in [0.25, 0.3) is 0 Å². The first-order valence-electron chi connectivity index (χ1n) is 5.85. The van der Waals surface area contributed by atoms with Crippen LogP contribution in [0.1, 0.15) is 10.4 Å². The molecule has 0 saturated carbocycles. The van der Waals surface area contributed by atoms with Crippen molar-refractivity contribution in [2.45, 2.75) is 0 Å². The minimum absolute atomic E-state index is 0.113. The highest BCUT2D eigenvalue weighted by molar-refractivity contribution is 5.74. The summed E-state index contributed by atoms with van der Waals surface area (Å²) in [5, 5.41) is 0. The van der Waals surface area contributed by atoms with Crippen LogP contribution < -0.4 is 9.47 Å². The quantitative estimate of drug-likeness (QED) is 0.591. The van der Waals surface area contributed by atoms with E-state index in [1.165, 1.54) is 12.1 Å². The highest BCUT2D eigenvalue weighted by Crippen LogP contribution is 2.17. The maximum atomic E-state index is 13.5. The van der Waals surface area contributed by atoms with Crippen LogP contribution in [0.5, 0.6) is 11.5 Å². The predicted octanol–water partition coefficient (Wildman–Crippen LogP) is 3.10. The van der Waals surface area contributed by atoms with Gasteiger partial charge in [0.2, 0.25) is 0 Å². The van der Waals surface area contributed by atoms with Crippen molar-refractivity contribution >= 4 is 6.29 Å². The fourth-order valence-electron chi connectivity index (χ4n) is 1.54. The molecule has 0 aliphatic heterocycles. The average molecular weight is 260 g/mol. The van der Waals surface area contributed by atoms with E-state index in [0.717, 1.165) is 11.8 Å². The molecule has 0 radical (unpaired) electrons. The number of ether oxygens (including phenoxy) is 2. The summed E-state index contributed by atoms with van der Waals surface area (Å²) in [6.45, 7) is 0.547. The van der Waals surface area contributed by atoms with Crippen LogP contribution in [0.3, 0.4) is 0 Å². The Morgan fingerprint density at radius 2 is 1.74 bits per heavy atom. The second-order valence-corrected chi connectivity index (χ2v) is 3.82. The van der Waals surface area contributed by atoms with Gasteiger partial charge in [0, 0.05) is 5.56 Å². The van der Waals surface area contributed by atoms with Crippen molar-refractivity contribution in [2.24, 2.45) is 0 Å². The number of benzene rings is 2. The molecule has 0 unspecified atom stereocenters. The van der Waals surface area contributed by atoms with Crippen molar-refractivity contribution in [3.63, 3.8) is 0 Å². The number of halogens is 1. The average Bonchev–Trinajstić information content (AvgIpc) is 2.46. The second kappa shape index (κ2) is 6.54. The van der Waals surface area contributed by atoms with Crippen LogP contribution in [0.25, 0.3) is 0 Å². The van der Waals surface area contributed by atoms with Crippen molar-refractivity contribution in [3.05, 3.63) is 59.9 Å². The van der Waals surface area contributed by atoms with E-state index in [2.05, 4.69) is 0 Å². The van der Waals surface area contributed by atoms with E-state index in [0.29, 0.717) is 12.9 Å². The summed E-state index contributed by atoms with van der Waals surface area (Å²) in [5.41, 5.74) is 0.283. The maximum absolute atomic E-state index is 13.5. The van der Waals surface area contributed by atoms with Crippen molar-refractivity contribution in [3.8, 4) is 11.5 Å². The van der Waals surface area contributed by atoms with Crippen LogP contribution in [0.4, 0.5) is 4.39 Å². The van der Waals surface area contributed by atoms with Gasteiger partial charge in [-0.05, 0) is 30.3 Å². The van der Waals surface area contributed by atoms with Crippen molar-refractivity contribution < 1.29 is 18.7 Å². The van der Waals surface area contributed by atoms with Gasteiger partial charge in [0.05, 0.1) is 0 Å². The molecule has 0 heterocycles. The van der Waals surface area contributed by atoms with E-state index >= 15 is 0 Å². The lowest BCUT2D eigenvalue weighted by Crippen LogP contribution is -2.09. The first kappa shape index (κ1) is 13.1. The molecule has 0 atom stereocenters. The van der Waals surface area contributed by atoms with Crippen LogP contribution in [0.2, 0.25) is 0 Å². The molecule has 2 aromatic rings. The first-order chi connectivity index (χ1) is 9.29. The summed E-state index contributed by atoms with van der Waals surface area (Å²) >= 11 is 0. The van der Waals surface area contributed by atoms with Crippen LogP contribution in [0, 0.1) is 5.82 Å². The predicted molar refractivity (Wildman–Crippen MR) is 69.2 cm³/mol. The summed E-state index contributed by atoms with van der Waals surface area (Å²) < 4.78 is 24.1. The molecule has 0 N–H and O–H groups in total. The molecule has 19 heavy (non-hydrogen) atoms. The van der Waals surface area contributed by atoms with Gasteiger partial charge in [-0.1, -0.05) is 18.2 Å². The fraction of sp³-hybridized carbons (Fsp3) is 0.133. The van der Waals surface area contributed by atoms with Gasteiger partial charge in [0.15, 0.2) is 11.6 Å². The van der Waals surface area contributed by atoms with E-state index in [1.807, 2.05) is 30.3 Å². The molecular formula is C15H13FO3. The lowest BCUT2D eigenvalue weighted by molar-refractivity contribution is 0.112. The van der Waals surface area contributed by atoms with E-state index in [9.17, 15) is 9.18 Å². The highest BCUT2D eigenvalue weighted by Gasteiger charge is 2.04. The Morgan fingerprint density at radius 1 is 1.00 bits per heavy atom. The normalized spacial score (nSPS) is 9.95. The third-order valence-corrected chi connectivity index (χ3v) is 2.44. The Morgan fingerprint density at radius 3 is 2.42 bits per heavy atom. The summed E-state index contributed by atoms with van der Waals surface area (Å²) in [5.74, 6) is 0.300. The number of para-hydroxylation sites is 1. The van der Waals surface area contributed by atoms with Crippen molar-refractivity contribution in [1.82, 2.24) is 0 Å². The Hall–Kier alpha value is -2.36. The molecule has 0 saturated heterocycles. The van der Waals surface area contributed by atoms with Gasteiger partial charge in [-0.3, -0.25) is 4.79 Å². The second-order valence-electron chi connectivity index (χ2n) is 3.82. The molecule has 0 aliphatic carbocycles. The molecular weight excluding hydrogens is 247 g/mol. The Kier molecular flexibility index (Phi) is 4.50. The van der Waals surface area contributed by atoms with Crippen LogP contribution >= 0.6 is 0 Å². The molecule has 0 spiro atoms. The zero-order valence-corrected chi connectivity index (χ0v) is 10.2. The Bertz CT molecular complexity index is 540. The van der Waals surface area contributed by atoms with E-state index in [4.69, 9.17) is 9.47 Å². The molecule has 0 aliphatic rings. The van der Waals surface area contributed by atoms with Gasteiger partial charge in [0.1, 0.15) is 25.2 Å². The maximum Gasteiger partial charge on any atom is 0.165 e. The van der Waals surface area contributed by atoms with Crippen LogP contribution in [0.15, 0.2) is 48.5 Å². The SMILES string of the molecule is O=Cc1ccc(OCCOc2ccccc2)c(F)c1. The standard InChI is InChI=1S/C15H13FO3/c16-14-10-12(11-17)6-7-15(14)19-9-8-18-13-4-2-1-3-5-13/h1-7,10-11H,8-9H2. The molecule has 0 fully saturated rings. The topological polar surface area (TPSA) is 35.5 Å². The van der Waals surface area contributed by atoms with Crippen LogP contribution in [-0.4, -0.2) is 19.5 Å².